The molecule has 1 fully saturated rings. The predicted octanol–water partition coefficient (Wildman–Crippen LogP) is 5.21. The molecule has 31 heavy (non-hydrogen) atoms. The number of rotatable bonds is 7. The number of quaternary nitrogens is 1. The number of hydrogen-bond donors (Lipinski definition) is 1. The van der Waals surface area contributed by atoms with Crippen LogP contribution in [0.2, 0.25) is 0 Å². The van der Waals surface area contributed by atoms with E-state index in [2.05, 4.69) is 12.1 Å². The fourth-order valence-corrected chi connectivity index (χ4v) is 6.03. The van der Waals surface area contributed by atoms with Crippen LogP contribution < -0.4 is 14.4 Å². The van der Waals surface area contributed by atoms with E-state index in [0.29, 0.717) is 30.4 Å². The molecule has 1 unspecified atom stereocenters. The lowest BCUT2D eigenvalue weighted by Crippen LogP contribution is -2.51. The van der Waals surface area contributed by atoms with E-state index in [1.165, 1.54) is 31.2 Å². The van der Waals surface area contributed by atoms with Gasteiger partial charge in [0.15, 0.2) is 5.69 Å². The molecule has 1 saturated carbocycles. The number of benzene rings is 2. The summed E-state index contributed by atoms with van der Waals surface area (Å²) in [5.74, 6) is 2.21. The highest BCUT2D eigenvalue weighted by Crippen LogP contribution is 2.40. The van der Waals surface area contributed by atoms with Gasteiger partial charge in [0.2, 0.25) is 0 Å². The Morgan fingerprint density at radius 2 is 1.77 bits per heavy atom. The molecule has 0 bridgehead atoms. The Hall–Kier alpha value is -2.41. The fourth-order valence-electron chi connectivity index (χ4n) is 4.58. The summed E-state index contributed by atoms with van der Waals surface area (Å²) in [6.45, 7) is 2.42. The van der Waals surface area contributed by atoms with Crippen molar-refractivity contribution in [3.05, 3.63) is 78.0 Å². The number of nitrogens with two attached hydrogens (primary N) is 1. The molecule has 1 heterocycles. The standard InChI is InChI=1S/C25H31N2O3S/c1-2-31(28,29)27(17-15-20(19-26)16-18-27)22-11-13-23(14-12-22)30-25-10-6-5-9-24(25)21-7-3-4-8-21/h5-6,9-17,21H,2-4,7-8,18-19,26H2,1H3/q+1. The Morgan fingerprint density at radius 3 is 2.39 bits per heavy atom. The molecular formula is C25H31N2O3S+. The molecule has 2 aliphatic rings. The van der Waals surface area contributed by atoms with Crippen LogP contribution >= 0.6 is 0 Å². The van der Waals surface area contributed by atoms with E-state index in [4.69, 9.17) is 10.5 Å². The van der Waals surface area contributed by atoms with Crippen molar-refractivity contribution in [2.75, 3.05) is 18.8 Å². The summed E-state index contributed by atoms with van der Waals surface area (Å²) in [6.07, 6.45) is 10.4. The molecule has 0 amide bonds. The van der Waals surface area contributed by atoms with Crippen molar-refractivity contribution < 1.29 is 13.2 Å². The molecule has 1 atom stereocenters. The third-order valence-corrected chi connectivity index (χ3v) is 8.67. The summed E-state index contributed by atoms with van der Waals surface area (Å²) in [7, 11) is -3.43. The van der Waals surface area contributed by atoms with Gasteiger partial charge in [-0.15, -0.1) is 0 Å². The Bertz CT molecular complexity index is 1080. The highest BCUT2D eigenvalue weighted by Gasteiger charge is 2.41. The highest BCUT2D eigenvalue weighted by molar-refractivity contribution is 7.91. The average Bonchev–Trinajstić information content (AvgIpc) is 3.35. The zero-order valence-electron chi connectivity index (χ0n) is 18.0. The third-order valence-electron chi connectivity index (χ3n) is 6.47. The van der Waals surface area contributed by atoms with Gasteiger partial charge < -0.3 is 10.5 Å². The van der Waals surface area contributed by atoms with Gasteiger partial charge in [-0.1, -0.05) is 31.0 Å². The first-order valence-electron chi connectivity index (χ1n) is 11.1. The van der Waals surface area contributed by atoms with Crippen LogP contribution in [0.5, 0.6) is 11.5 Å². The summed E-state index contributed by atoms with van der Waals surface area (Å²) in [5.41, 5.74) is 8.64. The van der Waals surface area contributed by atoms with Gasteiger partial charge in [0.1, 0.15) is 24.2 Å². The predicted molar refractivity (Wildman–Crippen MR) is 127 cm³/mol. The van der Waals surface area contributed by atoms with E-state index in [-0.39, 0.29) is 9.64 Å². The molecule has 0 spiro atoms. The van der Waals surface area contributed by atoms with Crippen LogP contribution in [0, 0.1) is 0 Å². The molecule has 0 aromatic heterocycles. The number of sulfonamides is 1. The Balaban J connectivity index is 1.62. The van der Waals surface area contributed by atoms with E-state index in [1.807, 2.05) is 48.6 Å². The van der Waals surface area contributed by atoms with Gasteiger partial charge in [-0.2, -0.15) is 12.3 Å². The lowest BCUT2D eigenvalue weighted by Gasteiger charge is -2.33. The van der Waals surface area contributed by atoms with Crippen LogP contribution in [-0.4, -0.2) is 27.3 Å². The maximum atomic E-state index is 13.1. The minimum Gasteiger partial charge on any atom is -0.457 e. The van der Waals surface area contributed by atoms with Crippen molar-refractivity contribution in [2.45, 2.75) is 38.5 Å². The first-order chi connectivity index (χ1) is 15.0. The van der Waals surface area contributed by atoms with Crippen LogP contribution in [0.3, 0.4) is 0 Å². The third kappa shape index (κ3) is 4.20. The van der Waals surface area contributed by atoms with Crippen LogP contribution in [0.1, 0.15) is 44.1 Å². The summed E-state index contributed by atoms with van der Waals surface area (Å²) < 4.78 is 32.1. The summed E-state index contributed by atoms with van der Waals surface area (Å²) in [6, 6.07) is 15.7. The Morgan fingerprint density at radius 1 is 1.06 bits per heavy atom. The Kier molecular flexibility index (Phi) is 6.32. The topological polar surface area (TPSA) is 69.4 Å². The van der Waals surface area contributed by atoms with Crippen molar-refractivity contribution in [2.24, 2.45) is 5.73 Å². The number of para-hydroxylation sites is 1. The van der Waals surface area contributed by atoms with Crippen LogP contribution in [0.15, 0.2) is 72.5 Å². The van der Waals surface area contributed by atoms with Crippen molar-refractivity contribution in [1.82, 2.24) is 3.89 Å². The smallest absolute Gasteiger partial charge is 0.306 e. The second-order valence-electron chi connectivity index (χ2n) is 8.26. The maximum Gasteiger partial charge on any atom is 0.306 e. The van der Waals surface area contributed by atoms with Gasteiger partial charge in [0.05, 0.1) is 5.75 Å². The van der Waals surface area contributed by atoms with E-state index in [9.17, 15) is 8.42 Å². The van der Waals surface area contributed by atoms with Gasteiger partial charge in [0, 0.05) is 18.7 Å². The second kappa shape index (κ2) is 8.99. The first kappa shape index (κ1) is 21.8. The van der Waals surface area contributed by atoms with Gasteiger partial charge in [-0.05, 0) is 67.2 Å². The molecule has 2 N–H and O–H groups in total. The van der Waals surface area contributed by atoms with Gasteiger partial charge >= 0.3 is 10.0 Å². The average molecular weight is 440 g/mol. The fraction of sp³-hybridized carbons (Fsp3) is 0.360. The largest absolute Gasteiger partial charge is 0.457 e. The molecule has 2 aromatic rings. The molecule has 1 aliphatic heterocycles. The Labute approximate surface area is 185 Å². The van der Waals surface area contributed by atoms with Crippen molar-refractivity contribution in [3.63, 3.8) is 0 Å². The monoisotopic (exact) mass is 439 g/mol. The van der Waals surface area contributed by atoms with E-state index in [1.54, 1.807) is 13.1 Å². The summed E-state index contributed by atoms with van der Waals surface area (Å²) >= 11 is 0. The zero-order valence-corrected chi connectivity index (χ0v) is 18.9. The van der Waals surface area contributed by atoms with Crippen LogP contribution in [-0.2, 0) is 10.0 Å². The molecule has 0 saturated heterocycles. The minimum absolute atomic E-state index is 0.0517. The van der Waals surface area contributed by atoms with Crippen molar-refractivity contribution in [3.8, 4) is 11.5 Å². The number of hydrogen-bond acceptors (Lipinski definition) is 4. The maximum absolute atomic E-state index is 13.1. The second-order valence-corrected chi connectivity index (χ2v) is 10.7. The van der Waals surface area contributed by atoms with Crippen molar-refractivity contribution >= 4 is 15.7 Å². The van der Waals surface area contributed by atoms with Crippen LogP contribution in [0.25, 0.3) is 0 Å². The lowest BCUT2D eigenvalue weighted by molar-refractivity contribution is 0.468. The molecule has 0 radical (unpaired) electrons. The molecule has 4 rings (SSSR count). The molecule has 1 aliphatic carbocycles. The number of nitrogens with zero attached hydrogens (tertiary/aromatic N) is 1. The molecule has 164 valence electrons. The van der Waals surface area contributed by atoms with Gasteiger partial charge in [-0.3, -0.25) is 0 Å². The normalized spacial score (nSPS) is 21.8. The van der Waals surface area contributed by atoms with Gasteiger partial charge in [-0.25, -0.2) is 0 Å². The molecule has 2 aromatic carbocycles. The van der Waals surface area contributed by atoms with E-state index in [0.717, 1.165) is 11.3 Å². The van der Waals surface area contributed by atoms with Crippen molar-refractivity contribution in [1.29, 1.82) is 0 Å². The molecule has 5 nitrogen and oxygen atoms in total. The van der Waals surface area contributed by atoms with Crippen LogP contribution in [0.4, 0.5) is 5.69 Å². The minimum atomic E-state index is -3.43. The quantitative estimate of drug-likeness (QED) is 0.602. The summed E-state index contributed by atoms with van der Waals surface area (Å²) in [4.78, 5) is 0. The molecular weight excluding hydrogens is 408 g/mol. The lowest BCUT2D eigenvalue weighted by atomic mass is 9.97. The molecule has 6 heteroatoms. The van der Waals surface area contributed by atoms with Gasteiger partial charge in [0.25, 0.3) is 0 Å². The van der Waals surface area contributed by atoms with E-state index < -0.39 is 10.0 Å². The zero-order chi connectivity index (χ0) is 21.9. The highest BCUT2D eigenvalue weighted by atomic mass is 32.2. The number of ether oxygens (including phenoxy) is 1. The SMILES string of the molecule is CCS(=O)(=O)[N+]1(c2ccc(Oc3ccccc3C3CCCC3)cc2)C=CC(CN)=CC1. The first-order valence-corrected chi connectivity index (χ1v) is 12.7. The van der Waals surface area contributed by atoms with E-state index >= 15 is 0 Å². The summed E-state index contributed by atoms with van der Waals surface area (Å²) in [5, 5.41) is 0.